The smallest absolute Gasteiger partial charge is 0.253 e. The number of hydrogen-bond donors (Lipinski definition) is 1. The molecule has 5 nitrogen and oxygen atoms in total. The first-order chi connectivity index (χ1) is 15.1. The minimum absolute atomic E-state index is 0.227. The molecule has 4 aromatic rings. The first kappa shape index (κ1) is 21.2. The number of fused-ring (bicyclic) bond motifs is 1. The summed E-state index contributed by atoms with van der Waals surface area (Å²) in [6.45, 7) is 1.57. The number of benzene rings is 3. The van der Waals surface area contributed by atoms with Gasteiger partial charge >= 0.3 is 0 Å². The monoisotopic (exact) mass is 453 g/mol. The topological polar surface area (TPSA) is 56.2 Å². The molecule has 0 atom stereocenters. The fourth-order valence-electron chi connectivity index (χ4n) is 3.35. The Morgan fingerprint density at radius 2 is 1.71 bits per heavy atom. The zero-order valence-corrected chi connectivity index (χ0v) is 18.2. The Hall–Kier alpha value is -3.02. The zero-order valence-electron chi connectivity index (χ0n) is 16.7. The Morgan fingerprint density at radius 3 is 2.52 bits per heavy atom. The molecule has 4 rings (SSSR count). The van der Waals surface area contributed by atoms with Crippen molar-refractivity contribution in [1.29, 1.82) is 0 Å². The van der Waals surface area contributed by atoms with Crippen LogP contribution in [0.5, 0.6) is 5.75 Å². The Labute approximate surface area is 190 Å². The van der Waals surface area contributed by atoms with Crippen molar-refractivity contribution in [1.82, 2.24) is 14.9 Å². The molecule has 3 aromatic carbocycles. The maximum atomic E-state index is 12.5. The third kappa shape index (κ3) is 5.19. The number of para-hydroxylation sites is 2. The molecule has 1 aromatic heterocycles. The summed E-state index contributed by atoms with van der Waals surface area (Å²) >= 11 is 12.0. The first-order valence-electron chi connectivity index (χ1n) is 9.97. The first-order valence-corrected chi connectivity index (χ1v) is 10.7. The molecule has 0 bridgehead atoms. The molecule has 0 unspecified atom stereocenters. The number of aryl methyl sites for hydroxylation is 1. The van der Waals surface area contributed by atoms with Crippen molar-refractivity contribution in [2.75, 3.05) is 6.61 Å². The Bertz CT molecular complexity index is 1190. The van der Waals surface area contributed by atoms with Gasteiger partial charge in [-0.3, -0.25) is 4.79 Å². The summed E-state index contributed by atoms with van der Waals surface area (Å²) in [5.41, 5.74) is 2.36. The lowest BCUT2D eigenvalue weighted by Crippen LogP contribution is -2.25. The van der Waals surface area contributed by atoms with Crippen LogP contribution in [0.2, 0.25) is 10.0 Å². The summed E-state index contributed by atoms with van der Waals surface area (Å²) in [4.78, 5) is 17.3. The van der Waals surface area contributed by atoms with Gasteiger partial charge in [-0.15, -0.1) is 0 Å². The molecule has 0 aliphatic carbocycles. The molecule has 1 amide bonds. The van der Waals surface area contributed by atoms with Crippen molar-refractivity contribution in [2.45, 2.75) is 19.5 Å². The second-order valence-corrected chi connectivity index (χ2v) is 7.83. The van der Waals surface area contributed by atoms with Crippen LogP contribution in [0.3, 0.4) is 0 Å². The lowest BCUT2D eigenvalue weighted by atomic mass is 10.2. The predicted molar refractivity (Wildman–Crippen MR) is 124 cm³/mol. The van der Waals surface area contributed by atoms with Gasteiger partial charge < -0.3 is 14.6 Å². The number of nitrogens with one attached hydrogen (secondary N) is 1. The van der Waals surface area contributed by atoms with Crippen molar-refractivity contribution in [2.24, 2.45) is 0 Å². The molecule has 0 spiro atoms. The number of hydrogen-bond acceptors (Lipinski definition) is 3. The summed E-state index contributed by atoms with van der Waals surface area (Å²) in [6.07, 6.45) is 0.786. The minimum Gasteiger partial charge on any atom is -0.494 e. The molecule has 158 valence electrons. The average Bonchev–Trinajstić information content (AvgIpc) is 3.14. The average molecular weight is 454 g/mol. The van der Waals surface area contributed by atoms with E-state index < -0.39 is 0 Å². The van der Waals surface area contributed by atoms with Crippen LogP contribution in [0.1, 0.15) is 22.6 Å². The van der Waals surface area contributed by atoms with Gasteiger partial charge in [0.15, 0.2) is 0 Å². The Kier molecular flexibility index (Phi) is 6.75. The van der Waals surface area contributed by atoms with Crippen LogP contribution in [-0.2, 0) is 13.1 Å². The van der Waals surface area contributed by atoms with Crippen LogP contribution in [0.15, 0.2) is 72.8 Å². The highest BCUT2D eigenvalue weighted by molar-refractivity contribution is 6.33. The van der Waals surface area contributed by atoms with E-state index in [1.165, 1.54) is 0 Å². The van der Waals surface area contributed by atoms with Crippen LogP contribution in [0.4, 0.5) is 0 Å². The van der Waals surface area contributed by atoms with E-state index in [0.717, 1.165) is 29.0 Å². The molecule has 0 aliphatic rings. The van der Waals surface area contributed by atoms with Gasteiger partial charge in [-0.2, -0.15) is 0 Å². The number of amides is 1. The number of imidazole rings is 1. The minimum atomic E-state index is -0.227. The third-order valence-electron chi connectivity index (χ3n) is 4.87. The van der Waals surface area contributed by atoms with E-state index in [9.17, 15) is 4.79 Å². The van der Waals surface area contributed by atoms with Gasteiger partial charge in [0.25, 0.3) is 5.91 Å². The van der Waals surface area contributed by atoms with Gasteiger partial charge in [0.05, 0.1) is 34.8 Å². The SMILES string of the molecule is O=C(NCc1nc2ccccc2n1CCCOc1ccc(Cl)cc1)c1ccccc1Cl. The van der Waals surface area contributed by atoms with E-state index in [1.807, 2.05) is 36.4 Å². The van der Waals surface area contributed by atoms with Crippen molar-refractivity contribution >= 4 is 40.1 Å². The Morgan fingerprint density at radius 1 is 0.968 bits per heavy atom. The number of halogens is 2. The van der Waals surface area contributed by atoms with Crippen molar-refractivity contribution in [3.8, 4) is 5.75 Å². The van der Waals surface area contributed by atoms with Gasteiger partial charge in [0.2, 0.25) is 0 Å². The van der Waals surface area contributed by atoms with Crippen LogP contribution in [0, 0.1) is 0 Å². The molecular weight excluding hydrogens is 433 g/mol. The van der Waals surface area contributed by atoms with E-state index in [0.29, 0.717) is 35.3 Å². The standard InChI is InChI=1S/C24H21Cl2N3O2/c25-17-10-12-18(13-11-17)31-15-5-14-29-22-9-4-3-8-21(22)28-23(29)16-27-24(30)19-6-1-2-7-20(19)26/h1-4,6-13H,5,14-16H2,(H,27,30). The molecule has 0 saturated carbocycles. The largest absolute Gasteiger partial charge is 0.494 e. The maximum absolute atomic E-state index is 12.5. The fourth-order valence-corrected chi connectivity index (χ4v) is 3.70. The van der Waals surface area contributed by atoms with Gasteiger partial charge in [-0.05, 0) is 55.0 Å². The van der Waals surface area contributed by atoms with E-state index >= 15 is 0 Å². The van der Waals surface area contributed by atoms with Gasteiger partial charge in [-0.1, -0.05) is 47.5 Å². The number of ether oxygens (including phenoxy) is 1. The molecular formula is C24H21Cl2N3O2. The van der Waals surface area contributed by atoms with Crippen LogP contribution in [-0.4, -0.2) is 22.1 Å². The number of nitrogens with zero attached hydrogens (tertiary/aromatic N) is 2. The highest BCUT2D eigenvalue weighted by atomic mass is 35.5. The fraction of sp³-hybridized carbons (Fsp3) is 0.167. The van der Waals surface area contributed by atoms with E-state index in [1.54, 1.807) is 36.4 Å². The zero-order chi connectivity index (χ0) is 21.6. The van der Waals surface area contributed by atoms with Crippen LogP contribution in [0.25, 0.3) is 11.0 Å². The van der Waals surface area contributed by atoms with Gasteiger partial charge in [-0.25, -0.2) is 4.98 Å². The molecule has 1 heterocycles. The normalized spacial score (nSPS) is 10.9. The summed E-state index contributed by atoms with van der Waals surface area (Å²) in [7, 11) is 0. The molecule has 0 radical (unpaired) electrons. The highest BCUT2D eigenvalue weighted by Gasteiger charge is 2.14. The summed E-state index contributed by atoms with van der Waals surface area (Å²) in [5.74, 6) is 1.34. The lowest BCUT2D eigenvalue weighted by molar-refractivity contribution is 0.0949. The Balaban J connectivity index is 1.43. The van der Waals surface area contributed by atoms with E-state index in [-0.39, 0.29) is 5.91 Å². The predicted octanol–water partition coefficient (Wildman–Crippen LogP) is 5.74. The van der Waals surface area contributed by atoms with Crippen molar-refractivity contribution in [3.05, 3.63) is 94.2 Å². The molecule has 1 N–H and O–H groups in total. The molecule has 0 aliphatic heterocycles. The number of rotatable bonds is 8. The molecule has 7 heteroatoms. The van der Waals surface area contributed by atoms with E-state index in [2.05, 4.69) is 9.88 Å². The number of carbonyl (C=O) groups excluding carboxylic acids is 1. The summed E-state index contributed by atoms with van der Waals surface area (Å²) < 4.78 is 7.92. The third-order valence-corrected chi connectivity index (χ3v) is 5.45. The van der Waals surface area contributed by atoms with Crippen LogP contribution >= 0.6 is 23.2 Å². The van der Waals surface area contributed by atoms with E-state index in [4.69, 9.17) is 32.9 Å². The van der Waals surface area contributed by atoms with Crippen molar-refractivity contribution < 1.29 is 9.53 Å². The van der Waals surface area contributed by atoms with Crippen molar-refractivity contribution in [3.63, 3.8) is 0 Å². The summed E-state index contributed by atoms with van der Waals surface area (Å²) in [6, 6.07) is 22.2. The van der Waals surface area contributed by atoms with Gasteiger partial charge in [0.1, 0.15) is 11.6 Å². The molecule has 0 saturated heterocycles. The number of carbonyl (C=O) groups is 1. The second kappa shape index (κ2) is 9.86. The maximum Gasteiger partial charge on any atom is 0.253 e. The van der Waals surface area contributed by atoms with Crippen LogP contribution < -0.4 is 10.1 Å². The second-order valence-electron chi connectivity index (χ2n) is 6.99. The molecule has 31 heavy (non-hydrogen) atoms. The van der Waals surface area contributed by atoms with Gasteiger partial charge in [0, 0.05) is 11.6 Å². The quantitative estimate of drug-likeness (QED) is 0.346. The summed E-state index contributed by atoms with van der Waals surface area (Å²) in [5, 5.41) is 4.03. The number of aromatic nitrogens is 2. The lowest BCUT2D eigenvalue weighted by Gasteiger charge is -2.11. The molecule has 0 fully saturated rings. The highest BCUT2D eigenvalue weighted by Crippen LogP contribution is 2.19.